The van der Waals surface area contributed by atoms with E-state index in [1.54, 1.807) is 4.90 Å². The number of hydrogen-bond donors (Lipinski definition) is 0. The molecule has 4 nitrogen and oxygen atoms in total. The Bertz CT molecular complexity index is 564. The van der Waals surface area contributed by atoms with Crippen molar-refractivity contribution in [2.24, 2.45) is 0 Å². The van der Waals surface area contributed by atoms with E-state index in [2.05, 4.69) is 18.7 Å². The summed E-state index contributed by atoms with van der Waals surface area (Å²) < 4.78 is 5.68. The van der Waals surface area contributed by atoms with E-state index in [-0.39, 0.29) is 24.7 Å². The summed E-state index contributed by atoms with van der Waals surface area (Å²) in [6.45, 7) is 7.68. The average Bonchev–Trinajstić information content (AvgIpc) is 2.58. The van der Waals surface area contributed by atoms with Gasteiger partial charge in [-0.05, 0) is 44.3 Å². The van der Waals surface area contributed by atoms with E-state index in [1.165, 1.54) is 0 Å². The monoisotopic (exact) mass is 348 g/mol. The van der Waals surface area contributed by atoms with Gasteiger partial charge in [-0.15, -0.1) is 12.4 Å². The molecule has 0 aromatic heterocycles. The SMILES string of the molecule is CCN(CC)C(C)OC(=O)N(c1ccccc1)c1ccccc1.Cl. The highest BCUT2D eigenvalue weighted by Gasteiger charge is 2.23. The van der Waals surface area contributed by atoms with Crippen LogP contribution in [-0.4, -0.2) is 30.3 Å². The minimum Gasteiger partial charge on any atom is -0.430 e. The number of carbonyl (C=O) groups is 1. The topological polar surface area (TPSA) is 32.8 Å². The van der Waals surface area contributed by atoms with Crippen LogP contribution in [0.1, 0.15) is 20.8 Å². The zero-order valence-electron chi connectivity index (χ0n) is 14.4. The van der Waals surface area contributed by atoms with Crippen molar-refractivity contribution in [3.63, 3.8) is 0 Å². The van der Waals surface area contributed by atoms with Crippen molar-refractivity contribution in [2.75, 3.05) is 18.0 Å². The van der Waals surface area contributed by atoms with Gasteiger partial charge in [-0.25, -0.2) is 9.69 Å². The number of benzene rings is 2. The molecule has 0 fully saturated rings. The number of hydrogen-bond acceptors (Lipinski definition) is 3. The number of rotatable bonds is 6. The molecule has 2 aromatic carbocycles. The fourth-order valence-corrected chi connectivity index (χ4v) is 2.52. The molecule has 0 heterocycles. The summed E-state index contributed by atoms with van der Waals surface area (Å²) in [6, 6.07) is 19.1. The minimum atomic E-state index is -0.373. The van der Waals surface area contributed by atoms with E-state index in [9.17, 15) is 4.79 Å². The van der Waals surface area contributed by atoms with Crippen LogP contribution in [0, 0.1) is 0 Å². The summed E-state index contributed by atoms with van der Waals surface area (Å²) in [7, 11) is 0. The van der Waals surface area contributed by atoms with Crippen LogP contribution in [0.25, 0.3) is 0 Å². The first-order chi connectivity index (χ1) is 11.2. The highest BCUT2D eigenvalue weighted by molar-refractivity contribution is 5.95. The van der Waals surface area contributed by atoms with Crippen molar-refractivity contribution in [3.05, 3.63) is 60.7 Å². The van der Waals surface area contributed by atoms with Gasteiger partial charge in [0.15, 0.2) is 6.23 Å². The van der Waals surface area contributed by atoms with E-state index in [0.29, 0.717) is 0 Å². The smallest absolute Gasteiger partial charge is 0.420 e. The summed E-state index contributed by atoms with van der Waals surface area (Å²) in [4.78, 5) is 16.5. The fourth-order valence-electron chi connectivity index (χ4n) is 2.52. The number of halogens is 1. The quantitative estimate of drug-likeness (QED) is 0.683. The Morgan fingerprint density at radius 1 is 0.917 bits per heavy atom. The highest BCUT2D eigenvalue weighted by Crippen LogP contribution is 2.26. The maximum Gasteiger partial charge on any atom is 0.420 e. The summed E-state index contributed by atoms with van der Waals surface area (Å²) in [5.41, 5.74) is 1.57. The molecule has 0 saturated carbocycles. The fraction of sp³-hybridized carbons (Fsp3) is 0.316. The molecule has 5 heteroatoms. The molecule has 0 saturated heterocycles. The Kier molecular flexibility index (Phi) is 8.30. The molecule has 0 spiro atoms. The third-order valence-corrected chi connectivity index (χ3v) is 3.81. The lowest BCUT2D eigenvalue weighted by atomic mass is 10.2. The average molecular weight is 349 g/mol. The molecular weight excluding hydrogens is 324 g/mol. The molecule has 2 aromatic rings. The molecule has 0 aliphatic heterocycles. The third-order valence-electron chi connectivity index (χ3n) is 3.81. The number of anilines is 2. The number of nitrogens with zero attached hydrogens (tertiary/aromatic N) is 2. The molecule has 0 aliphatic rings. The van der Waals surface area contributed by atoms with E-state index in [1.807, 2.05) is 67.6 Å². The lowest BCUT2D eigenvalue weighted by Gasteiger charge is -2.29. The molecule has 0 aliphatic carbocycles. The Balaban J connectivity index is 0.00000288. The first kappa shape index (κ1) is 20.0. The van der Waals surface area contributed by atoms with Gasteiger partial charge in [0, 0.05) is 0 Å². The summed E-state index contributed by atoms with van der Waals surface area (Å²) in [5, 5.41) is 0. The van der Waals surface area contributed by atoms with Gasteiger partial charge in [0.1, 0.15) is 0 Å². The van der Waals surface area contributed by atoms with E-state index in [4.69, 9.17) is 4.74 Å². The lowest BCUT2D eigenvalue weighted by Crippen LogP contribution is -2.39. The maximum absolute atomic E-state index is 12.8. The van der Waals surface area contributed by atoms with Crippen LogP contribution in [0.5, 0.6) is 0 Å². The number of carbonyl (C=O) groups excluding carboxylic acids is 1. The van der Waals surface area contributed by atoms with Gasteiger partial charge in [-0.1, -0.05) is 50.2 Å². The lowest BCUT2D eigenvalue weighted by molar-refractivity contribution is 0.00913. The second-order valence-electron chi connectivity index (χ2n) is 5.21. The van der Waals surface area contributed by atoms with Crippen LogP contribution in [0.4, 0.5) is 16.2 Å². The predicted octanol–water partition coefficient (Wildman–Crippen LogP) is 5.07. The number of amides is 1. The summed E-state index contributed by atoms with van der Waals surface area (Å²) in [6.07, 6.45) is -0.644. The second-order valence-corrected chi connectivity index (χ2v) is 5.21. The second kappa shape index (κ2) is 9.96. The first-order valence-corrected chi connectivity index (χ1v) is 8.02. The van der Waals surface area contributed by atoms with Crippen molar-refractivity contribution >= 4 is 29.9 Å². The third kappa shape index (κ3) is 4.98. The van der Waals surface area contributed by atoms with Crippen LogP contribution in [0.3, 0.4) is 0 Å². The van der Waals surface area contributed by atoms with Crippen molar-refractivity contribution in [2.45, 2.75) is 27.0 Å². The summed E-state index contributed by atoms with van der Waals surface area (Å²) >= 11 is 0. The van der Waals surface area contributed by atoms with E-state index in [0.717, 1.165) is 24.5 Å². The summed E-state index contributed by atoms with van der Waals surface area (Å²) in [5.74, 6) is 0. The van der Waals surface area contributed by atoms with Gasteiger partial charge in [0.05, 0.1) is 11.4 Å². The Hall–Kier alpha value is -2.04. The Morgan fingerprint density at radius 3 is 1.71 bits per heavy atom. The van der Waals surface area contributed by atoms with E-state index >= 15 is 0 Å². The zero-order chi connectivity index (χ0) is 16.7. The van der Waals surface area contributed by atoms with Crippen molar-refractivity contribution in [3.8, 4) is 0 Å². The van der Waals surface area contributed by atoms with Crippen LogP contribution in [0.2, 0.25) is 0 Å². The van der Waals surface area contributed by atoms with Gasteiger partial charge in [0.25, 0.3) is 0 Å². The zero-order valence-corrected chi connectivity index (χ0v) is 15.2. The Labute approximate surface area is 150 Å². The molecule has 2 rings (SSSR count). The molecular formula is C19H25ClN2O2. The molecule has 1 unspecified atom stereocenters. The molecule has 1 amide bonds. The Morgan fingerprint density at radius 2 is 1.33 bits per heavy atom. The van der Waals surface area contributed by atoms with Crippen molar-refractivity contribution < 1.29 is 9.53 Å². The van der Waals surface area contributed by atoms with Crippen LogP contribution in [-0.2, 0) is 4.74 Å². The van der Waals surface area contributed by atoms with Gasteiger partial charge < -0.3 is 4.74 Å². The van der Waals surface area contributed by atoms with Gasteiger partial charge in [0.2, 0.25) is 0 Å². The van der Waals surface area contributed by atoms with Gasteiger partial charge >= 0.3 is 6.09 Å². The molecule has 1 atom stereocenters. The molecule has 0 N–H and O–H groups in total. The van der Waals surface area contributed by atoms with Gasteiger partial charge in [-0.3, -0.25) is 4.90 Å². The van der Waals surface area contributed by atoms with Crippen molar-refractivity contribution in [1.29, 1.82) is 0 Å². The van der Waals surface area contributed by atoms with Crippen LogP contribution in [0.15, 0.2) is 60.7 Å². The van der Waals surface area contributed by atoms with Crippen molar-refractivity contribution in [1.82, 2.24) is 4.90 Å². The predicted molar refractivity (Wildman–Crippen MR) is 101 cm³/mol. The van der Waals surface area contributed by atoms with Crippen LogP contribution >= 0.6 is 12.4 Å². The highest BCUT2D eigenvalue weighted by atomic mass is 35.5. The number of para-hydroxylation sites is 2. The first-order valence-electron chi connectivity index (χ1n) is 8.02. The van der Waals surface area contributed by atoms with Crippen LogP contribution < -0.4 is 4.90 Å². The van der Waals surface area contributed by atoms with Gasteiger partial charge in [-0.2, -0.15) is 0 Å². The molecule has 130 valence electrons. The number of ether oxygens (including phenoxy) is 1. The normalized spacial score (nSPS) is 11.5. The molecule has 24 heavy (non-hydrogen) atoms. The maximum atomic E-state index is 12.8. The minimum absolute atomic E-state index is 0. The molecule has 0 radical (unpaired) electrons. The standard InChI is InChI=1S/C19H24N2O2.ClH/c1-4-20(5-2)16(3)23-19(22)21(17-12-8-6-9-13-17)18-14-10-7-11-15-18;/h6-16H,4-5H2,1-3H3;1H. The van der Waals surface area contributed by atoms with E-state index < -0.39 is 0 Å². The largest absolute Gasteiger partial charge is 0.430 e. The molecule has 0 bridgehead atoms.